The molecule has 0 radical (unpaired) electrons. The maximum Gasteiger partial charge on any atom is 0.416 e. The fourth-order valence-corrected chi connectivity index (χ4v) is 4.68. The summed E-state index contributed by atoms with van der Waals surface area (Å²) in [5.74, 6) is -0.729. The van der Waals surface area contributed by atoms with E-state index in [9.17, 15) is 31.6 Å². The number of para-hydroxylation sites is 1. The Morgan fingerprint density at radius 3 is 2.47 bits per heavy atom. The Morgan fingerprint density at radius 1 is 1.11 bits per heavy atom. The number of anilines is 2. The number of hydrogen-bond donors (Lipinski definition) is 3. The molecule has 1 amide bonds. The fraction of sp³-hybridized carbons (Fsp3) is 0.0833. The number of fused-ring (bicyclic) bond motifs is 1. The van der Waals surface area contributed by atoms with Crippen LogP contribution in [0.25, 0.3) is 0 Å². The summed E-state index contributed by atoms with van der Waals surface area (Å²) in [6, 6.07) is 16.8. The maximum absolute atomic E-state index is 13.5. The summed E-state index contributed by atoms with van der Waals surface area (Å²) in [7, 11) is -4.07. The van der Waals surface area contributed by atoms with E-state index in [4.69, 9.17) is 17.4 Å². The van der Waals surface area contributed by atoms with Crippen molar-refractivity contribution in [2.75, 3.05) is 10.2 Å². The van der Waals surface area contributed by atoms with Crippen LogP contribution in [0, 0.1) is 11.3 Å². The number of alkyl halides is 3. The molecule has 0 aromatic heterocycles. The van der Waals surface area contributed by atoms with Crippen LogP contribution in [0.2, 0.25) is 0 Å². The topological polar surface area (TPSA) is 141 Å². The third-order valence-electron chi connectivity index (χ3n) is 5.48. The Labute approximate surface area is 220 Å². The van der Waals surface area contributed by atoms with Crippen molar-refractivity contribution in [3.8, 4) is 6.07 Å². The van der Waals surface area contributed by atoms with Gasteiger partial charge in [0.15, 0.2) is 10.8 Å². The average Bonchev–Trinajstić information content (AvgIpc) is 3.11. The molecule has 14 heteroatoms. The van der Waals surface area contributed by atoms with Crippen molar-refractivity contribution < 1.29 is 26.4 Å². The standard InChI is InChI=1S/C24H17F3N6O3S2/c25-24(26,27)17-6-2-1-5-15(17)13-33-19-10-9-14(12-28)11-16(19)21(22(33)34)31-32-23(37)30-18-7-3-4-8-20(18)38(29,35)36/h1-11H,13H2,(H2,29,35,36)(H2,30,32,37). The number of nitrogens with one attached hydrogen (secondary N) is 2. The molecule has 1 aliphatic rings. The number of nitrogens with zero attached hydrogens (tertiary/aromatic N) is 3. The summed E-state index contributed by atoms with van der Waals surface area (Å²) in [6.07, 6.45) is -4.63. The van der Waals surface area contributed by atoms with Gasteiger partial charge in [-0.25, -0.2) is 13.6 Å². The van der Waals surface area contributed by atoms with Gasteiger partial charge in [0.05, 0.1) is 35.1 Å². The van der Waals surface area contributed by atoms with Crippen molar-refractivity contribution >= 4 is 50.3 Å². The van der Waals surface area contributed by atoms with E-state index >= 15 is 0 Å². The minimum Gasteiger partial charge on any atom is -0.330 e. The molecular weight excluding hydrogens is 541 g/mol. The number of nitrogens with two attached hydrogens (primary N) is 1. The molecular formula is C24H17F3N6O3S2. The minimum absolute atomic E-state index is 0.0583. The van der Waals surface area contributed by atoms with Crippen LogP contribution in [0.3, 0.4) is 0 Å². The van der Waals surface area contributed by atoms with Crippen molar-refractivity contribution in [3.63, 3.8) is 0 Å². The molecule has 1 aliphatic heterocycles. The molecule has 0 saturated carbocycles. The number of sulfonamides is 1. The smallest absolute Gasteiger partial charge is 0.330 e. The zero-order valence-corrected chi connectivity index (χ0v) is 20.8. The Hall–Kier alpha value is -4.32. The van der Waals surface area contributed by atoms with Crippen molar-refractivity contribution in [1.29, 1.82) is 5.26 Å². The van der Waals surface area contributed by atoms with Crippen molar-refractivity contribution in [2.45, 2.75) is 17.6 Å². The Morgan fingerprint density at radius 2 is 1.79 bits per heavy atom. The van der Waals surface area contributed by atoms with Crippen LogP contribution < -0.4 is 20.8 Å². The van der Waals surface area contributed by atoms with Gasteiger partial charge >= 0.3 is 6.18 Å². The summed E-state index contributed by atoms with van der Waals surface area (Å²) in [6.45, 7) is -0.406. The van der Waals surface area contributed by atoms with Gasteiger partial charge in [-0.05, 0) is 54.2 Å². The predicted molar refractivity (Wildman–Crippen MR) is 137 cm³/mol. The number of carbonyl (C=O) groups excluding carboxylic acids is 1. The van der Waals surface area contributed by atoms with Gasteiger partial charge in [0.1, 0.15) is 4.90 Å². The normalized spacial score (nSPS) is 14.2. The number of carbonyl (C=O) groups is 1. The Bertz CT molecular complexity index is 1630. The van der Waals surface area contributed by atoms with E-state index in [1.54, 1.807) is 6.07 Å². The zero-order chi connectivity index (χ0) is 27.7. The summed E-state index contributed by atoms with van der Waals surface area (Å²) < 4.78 is 64.3. The first kappa shape index (κ1) is 26.7. The Balaban J connectivity index is 1.65. The molecule has 0 bridgehead atoms. The zero-order valence-electron chi connectivity index (χ0n) is 19.2. The van der Waals surface area contributed by atoms with Gasteiger partial charge in [-0.1, -0.05) is 30.3 Å². The number of amides is 1. The number of halogens is 3. The average molecular weight is 559 g/mol. The van der Waals surface area contributed by atoms with Gasteiger partial charge < -0.3 is 10.2 Å². The summed E-state index contributed by atoms with van der Waals surface area (Å²) in [4.78, 5) is 14.2. The highest BCUT2D eigenvalue weighted by Gasteiger charge is 2.38. The van der Waals surface area contributed by atoms with Crippen molar-refractivity contribution in [1.82, 2.24) is 5.43 Å². The second-order valence-electron chi connectivity index (χ2n) is 7.96. The van der Waals surface area contributed by atoms with E-state index < -0.39 is 34.2 Å². The molecule has 3 aromatic carbocycles. The number of rotatable bonds is 5. The highest BCUT2D eigenvalue weighted by atomic mass is 32.2. The van der Waals surface area contributed by atoms with Crippen LogP contribution in [0.1, 0.15) is 22.3 Å². The third-order valence-corrected chi connectivity index (χ3v) is 6.64. The molecule has 3 aromatic rings. The number of thiocarbonyl (C=S) groups is 1. The first-order chi connectivity index (χ1) is 17.9. The lowest BCUT2D eigenvalue weighted by Gasteiger charge is -2.20. The van der Waals surface area contributed by atoms with Gasteiger partial charge in [-0.3, -0.25) is 10.2 Å². The van der Waals surface area contributed by atoms with E-state index in [-0.39, 0.29) is 43.8 Å². The molecule has 38 heavy (non-hydrogen) atoms. The van der Waals surface area contributed by atoms with E-state index in [0.717, 1.165) is 11.0 Å². The molecule has 0 fully saturated rings. The van der Waals surface area contributed by atoms with Crippen LogP contribution in [-0.2, 0) is 27.5 Å². The van der Waals surface area contributed by atoms with E-state index in [2.05, 4.69) is 15.8 Å². The predicted octanol–water partition coefficient (Wildman–Crippen LogP) is 3.46. The third kappa shape index (κ3) is 5.49. The molecule has 0 aliphatic carbocycles. The quantitative estimate of drug-likeness (QED) is 0.322. The first-order valence-electron chi connectivity index (χ1n) is 10.7. The number of nitriles is 1. The Kier molecular flexibility index (Phi) is 7.18. The summed E-state index contributed by atoms with van der Waals surface area (Å²) in [5, 5.41) is 21.0. The number of benzene rings is 3. The van der Waals surface area contributed by atoms with E-state index in [0.29, 0.717) is 0 Å². The first-order valence-corrected chi connectivity index (χ1v) is 12.6. The summed E-state index contributed by atoms with van der Waals surface area (Å²) >= 11 is 5.16. The van der Waals surface area contributed by atoms with E-state index in [1.807, 2.05) is 6.07 Å². The molecule has 0 unspecified atom stereocenters. The van der Waals surface area contributed by atoms with Gasteiger partial charge in [0.25, 0.3) is 5.91 Å². The molecule has 4 rings (SSSR count). The summed E-state index contributed by atoms with van der Waals surface area (Å²) in [5.41, 5.74) is 1.94. The molecule has 1 heterocycles. The fourth-order valence-electron chi connectivity index (χ4n) is 3.83. The molecule has 0 spiro atoms. The molecule has 4 N–H and O–H groups in total. The van der Waals surface area contributed by atoms with E-state index in [1.165, 1.54) is 54.6 Å². The van der Waals surface area contributed by atoms with Crippen LogP contribution >= 0.6 is 12.2 Å². The largest absolute Gasteiger partial charge is 0.416 e. The second-order valence-corrected chi connectivity index (χ2v) is 9.90. The molecule has 0 saturated heterocycles. The lowest BCUT2D eigenvalue weighted by molar-refractivity contribution is -0.138. The molecule has 9 nitrogen and oxygen atoms in total. The molecule has 0 atom stereocenters. The van der Waals surface area contributed by atoms with Gasteiger partial charge in [-0.2, -0.15) is 23.5 Å². The van der Waals surface area contributed by atoms with Crippen LogP contribution in [0.4, 0.5) is 24.5 Å². The highest BCUT2D eigenvalue weighted by Crippen LogP contribution is 2.36. The van der Waals surface area contributed by atoms with Gasteiger partial charge in [0, 0.05) is 5.56 Å². The highest BCUT2D eigenvalue weighted by molar-refractivity contribution is 7.89. The van der Waals surface area contributed by atoms with Gasteiger partial charge in [0.2, 0.25) is 10.0 Å². The second kappa shape index (κ2) is 10.2. The minimum atomic E-state index is -4.63. The number of hydrogen-bond acceptors (Lipinski definition) is 6. The van der Waals surface area contributed by atoms with Gasteiger partial charge in [-0.15, -0.1) is 0 Å². The maximum atomic E-state index is 13.5. The number of hydrazone groups is 1. The van der Waals surface area contributed by atoms with Crippen molar-refractivity contribution in [2.24, 2.45) is 10.2 Å². The van der Waals surface area contributed by atoms with Crippen LogP contribution in [0.15, 0.2) is 76.7 Å². The number of primary sulfonamides is 1. The van der Waals surface area contributed by atoms with Crippen LogP contribution in [0.5, 0.6) is 0 Å². The molecule has 194 valence electrons. The lowest BCUT2D eigenvalue weighted by Crippen LogP contribution is -2.33. The van der Waals surface area contributed by atoms with Crippen molar-refractivity contribution in [3.05, 3.63) is 89.0 Å². The monoisotopic (exact) mass is 558 g/mol. The van der Waals surface area contributed by atoms with Crippen LogP contribution in [-0.4, -0.2) is 25.1 Å². The lowest BCUT2D eigenvalue weighted by atomic mass is 10.1. The SMILES string of the molecule is N#Cc1ccc2c(c1)C(=NNC(=S)Nc1ccccc1S(N)(=O)=O)C(=O)N2Cc1ccccc1C(F)(F)F.